The lowest BCUT2D eigenvalue weighted by Gasteiger charge is -2.35. The molecule has 0 saturated carbocycles. The highest BCUT2D eigenvalue weighted by Gasteiger charge is 2.31. The molecular weight excluding hydrogens is 282 g/mol. The smallest absolute Gasteiger partial charge is 0.274 e. The Morgan fingerprint density at radius 1 is 1.26 bits per heavy atom. The summed E-state index contributed by atoms with van der Waals surface area (Å²) >= 11 is 1.24. The van der Waals surface area contributed by atoms with Gasteiger partial charge in [-0.1, -0.05) is 6.07 Å². The molecule has 0 atom stereocenters. The summed E-state index contributed by atoms with van der Waals surface area (Å²) in [5.41, 5.74) is 1.53. The van der Waals surface area contributed by atoms with E-state index in [4.69, 9.17) is 0 Å². The van der Waals surface area contributed by atoms with Crippen molar-refractivity contribution in [3.8, 4) is 0 Å². The van der Waals surface area contributed by atoms with Gasteiger partial charge >= 0.3 is 0 Å². The highest BCUT2D eigenvalue weighted by atomic mass is 32.2. The van der Waals surface area contributed by atoms with Crippen molar-refractivity contribution in [1.29, 1.82) is 0 Å². The molecule has 3 heterocycles. The molecule has 7 heteroatoms. The fraction of sp³-hybridized carbons (Fsp3) is 0.250. The molecule has 0 unspecified atom stereocenters. The van der Waals surface area contributed by atoms with E-state index in [0.29, 0.717) is 23.0 Å². The largest absolute Gasteiger partial charge is 0.371 e. The summed E-state index contributed by atoms with van der Waals surface area (Å²) in [6, 6.07) is 5.22. The highest BCUT2D eigenvalue weighted by Crippen LogP contribution is 2.35. The van der Waals surface area contributed by atoms with Crippen LogP contribution in [0.4, 0.5) is 11.4 Å². The zero-order valence-corrected chi connectivity index (χ0v) is 12.0. The Bertz CT molecular complexity index is 683. The van der Waals surface area contributed by atoms with Crippen LogP contribution in [0.15, 0.2) is 40.2 Å². The monoisotopic (exact) mass is 295 g/mol. The van der Waals surface area contributed by atoms with E-state index in [2.05, 4.69) is 4.98 Å². The van der Waals surface area contributed by atoms with Gasteiger partial charge in [0.25, 0.3) is 10.0 Å². The van der Waals surface area contributed by atoms with Gasteiger partial charge in [-0.25, -0.2) is 8.42 Å². The standard InChI is InChI=1S/C12H13N3O2S2/c1-14-6-7-15(11-9-13-5-4-10(11)14)19(16,17)12-3-2-8-18-12/h2-5,8-9H,6-7H2,1H3. The molecule has 2 aromatic heterocycles. The Kier molecular flexibility index (Phi) is 2.94. The number of aromatic nitrogens is 1. The number of anilines is 2. The molecule has 3 rings (SSSR count). The van der Waals surface area contributed by atoms with E-state index in [0.717, 1.165) is 5.69 Å². The van der Waals surface area contributed by atoms with Crippen molar-refractivity contribution in [3.05, 3.63) is 36.0 Å². The molecule has 0 N–H and O–H groups in total. The van der Waals surface area contributed by atoms with Gasteiger partial charge < -0.3 is 4.90 Å². The van der Waals surface area contributed by atoms with E-state index in [1.54, 1.807) is 29.9 Å². The zero-order chi connectivity index (χ0) is 13.5. The summed E-state index contributed by atoms with van der Waals surface area (Å²) in [6.07, 6.45) is 3.28. The first-order valence-corrected chi connectivity index (χ1v) is 8.14. The van der Waals surface area contributed by atoms with E-state index in [9.17, 15) is 8.42 Å². The average Bonchev–Trinajstić information content (AvgIpc) is 2.94. The van der Waals surface area contributed by atoms with E-state index < -0.39 is 10.0 Å². The average molecular weight is 295 g/mol. The van der Waals surface area contributed by atoms with Crippen LogP contribution in [-0.2, 0) is 10.0 Å². The van der Waals surface area contributed by atoms with Crippen molar-refractivity contribution in [2.24, 2.45) is 0 Å². The van der Waals surface area contributed by atoms with Gasteiger partial charge in [0.05, 0.1) is 24.1 Å². The molecule has 0 amide bonds. The Labute approximate surface area is 116 Å². The Morgan fingerprint density at radius 3 is 2.84 bits per heavy atom. The van der Waals surface area contributed by atoms with E-state index >= 15 is 0 Å². The second kappa shape index (κ2) is 4.50. The van der Waals surface area contributed by atoms with Crippen LogP contribution in [0.2, 0.25) is 0 Å². The number of thiophene rings is 1. The maximum Gasteiger partial charge on any atom is 0.274 e. The zero-order valence-electron chi connectivity index (χ0n) is 10.4. The normalized spacial score (nSPS) is 15.4. The maximum atomic E-state index is 12.6. The lowest BCUT2D eigenvalue weighted by Crippen LogP contribution is -2.42. The molecule has 19 heavy (non-hydrogen) atoms. The van der Waals surface area contributed by atoms with Gasteiger partial charge in [-0.05, 0) is 17.5 Å². The third-order valence-electron chi connectivity index (χ3n) is 3.14. The lowest BCUT2D eigenvalue weighted by atomic mass is 10.2. The molecule has 0 aromatic carbocycles. The number of nitrogens with zero attached hydrogens (tertiary/aromatic N) is 3. The third kappa shape index (κ3) is 1.98. The van der Waals surface area contributed by atoms with Gasteiger partial charge in [-0.15, -0.1) is 11.3 Å². The molecule has 0 bridgehead atoms. The molecule has 0 saturated heterocycles. The molecule has 0 spiro atoms. The van der Waals surface area contributed by atoms with Crippen LogP contribution in [-0.4, -0.2) is 33.5 Å². The first kappa shape index (κ1) is 12.4. The van der Waals surface area contributed by atoms with Crippen LogP contribution in [0.1, 0.15) is 0 Å². The summed E-state index contributed by atoms with van der Waals surface area (Å²) in [6.45, 7) is 1.11. The van der Waals surface area contributed by atoms with Crippen molar-refractivity contribution < 1.29 is 8.42 Å². The molecule has 0 fully saturated rings. The molecule has 1 aliphatic rings. The van der Waals surface area contributed by atoms with Crippen molar-refractivity contribution in [3.63, 3.8) is 0 Å². The number of hydrogen-bond donors (Lipinski definition) is 0. The Balaban J connectivity index is 2.11. The minimum Gasteiger partial charge on any atom is -0.371 e. The van der Waals surface area contributed by atoms with Crippen molar-refractivity contribution in [2.75, 3.05) is 29.3 Å². The summed E-state index contributed by atoms with van der Waals surface area (Å²) in [5, 5.41) is 1.77. The first-order valence-electron chi connectivity index (χ1n) is 5.82. The molecule has 100 valence electrons. The highest BCUT2D eigenvalue weighted by molar-refractivity contribution is 7.94. The van der Waals surface area contributed by atoms with Crippen LogP contribution in [0.3, 0.4) is 0 Å². The summed E-state index contributed by atoms with van der Waals surface area (Å²) < 4.78 is 27.0. The third-order valence-corrected chi connectivity index (χ3v) is 6.32. The Hall–Kier alpha value is -1.60. The first-order chi connectivity index (χ1) is 9.10. The van der Waals surface area contributed by atoms with Gasteiger partial charge in [0, 0.05) is 19.8 Å². The molecule has 0 radical (unpaired) electrons. The number of sulfonamides is 1. The molecule has 1 aliphatic heterocycles. The summed E-state index contributed by atoms with van der Waals surface area (Å²) in [4.78, 5) is 6.09. The summed E-state index contributed by atoms with van der Waals surface area (Å²) in [7, 11) is -1.52. The molecule has 0 aliphatic carbocycles. The van der Waals surface area contributed by atoms with Gasteiger partial charge in [0.2, 0.25) is 0 Å². The van der Waals surface area contributed by atoms with Crippen LogP contribution in [0, 0.1) is 0 Å². The van der Waals surface area contributed by atoms with E-state index in [1.165, 1.54) is 15.6 Å². The number of likely N-dealkylation sites (N-methyl/N-ethyl adjacent to an activating group) is 1. The van der Waals surface area contributed by atoms with Gasteiger partial charge in [-0.3, -0.25) is 9.29 Å². The minimum atomic E-state index is -3.47. The fourth-order valence-electron chi connectivity index (χ4n) is 2.14. The predicted molar refractivity (Wildman–Crippen MR) is 76.4 cm³/mol. The number of rotatable bonds is 2. The fourth-order valence-corrected chi connectivity index (χ4v) is 4.70. The SMILES string of the molecule is CN1CCN(S(=O)(=O)c2cccs2)c2cnccc21. The maximum absolute atomic E-state index is 12.6. The second-order valence-electron chi connectivity index (χ2n) is 4.30. The molecule has 2 aromatic rings. The van der Waals surface area contributed by atoms with Gasteiger partial charge in [0.1, 0.15) is 4.21 Å². The lowest BCUT2D eigenvalue weighted by molar-refractivity contribution is 0.591. The van der Waals surface area contributed by atoms with Crippen LogP contribution in [0.25, 0.3) is 0 Å². The second-order valence-corrected chi connectivity index (χ2v) is 7.33. The van der Waals surface area contributed by atoms with E-state index in [1.807, 2.05) is 18.0 Å². The number of pyridine rings is 1. The van der Waals surface area contributed by atoms with Crippen LogP contribution >= 0.6 is 11.3 Å². The van der Waals surface area contributed by atoms with Crippen molar-refractivity contribution in [2.45, 2.75) is 4.21 Å². The van der Waals surface area contributed by atoms with E-state index in [-0.39, 0.29) is 0 Å². The topological polar surface area (TPSA) is 53.5 Å². The quantitative estimate of drug-likeness (QED) is 0.847. The van der Waals surface area contributed by atoms with Gasteiger partial charge in [-0.2, -0.15) is 0 Å². The van der Waals surface area contributed by atoms with Crippen LogP contribution in [0.5, 0.6) is 0 Å². The molecular formula is C12H13N3O2S2. The van der Waals surface area contributed by atoms with Crippen LogP contribution < -0.4 is 9.21 Å². The van der Waals surface area contributed by atoms with Gasteiger partial charge in [0.15, 0.2) is 0 Å². The van der Waals surface area contributed by atoms with Crippen molar-refractivity contribution >= 4 is 32.7 Å². The predicted octanol–water partition coefficient (Wildman–Crippen LogP) is 1.79. The number of fused-ring (bicyclic) bond motifs is 1. The Morgan fingerprint density at radius 2 is 2.11 bits per heavy atom. The van der Waals surface area contributed by atoms with Crippen molar-refractivity contribution in [1.82, 2.24) is 4.98 Å². The minimum absolute atomic E-state index is 0.367. The number of hydrogen-bond acceptors (Lipinski definition) is 5. The summed E-state index contributed by atoms with van der Waals surface area (Å²) in [5.74, 6) is 0. The molecule has 5 nitrogen and oxygen atoms in total.